The van der Waals surface area contributed by atoms with Crippen LogP contribution >= 0.6 is 0 Å². The maximum Gasteiger partial charge on any atom is 0.416 e. The second kappa shape index (κ2) is 7.11. The number of hydrogen-bond acceptors (Lipinski definition) is 3. The molecule has 1 N–H and O–H groups in total. The minimum absolute atomic E-state index is 0.138. The van der Waals surface area contributed by atoms with Crippen LogP contribution in [-0.2, 0) is 6.18 Å². The molecule has 2 aromatic rings. The lowest BCUT2D eigenvalue weighted by Crippen LogP contribution is -2.47. The molecule has 5 nitrogen and oxygen atoms in total. The van der Waals surface area contributed by atoms with Gasteiger partial charge in [0.2, 0.25) is 0 Å². The van der Waals surface area contributed by atoms with Gasteiger partial charge in [-0.1, -0.05) is 6.07 Å². The monoisotopic (exact) mass is 366 g/mol. The minimum Gasteiger partial charge on any atom is -0.337 e. The first-order valence-corrected chi connectivity index (χ1v) is 8.50. The molecule has 0 radical (unpaired) electrons. The molecular weight excluding hydrogens is 345 g/mol. The van der Waals surface area contributed by atoms with Gasteiger partial charge in [-0.2, -0.15) is 18.3 Å². The predicted molar refractivity (Wildman–Crippen MR) is 91.3 cm³/mol. The van der Waals surface area contributed by atoms with Crippen LogP contribution in [0.4, 0.5) is 13.2 Å². The van der Waals surface area contributed by atoms with Crippen LogP contribution in [0.5, 0.6) is 0 Å². The maximum atomic E-state index is 12.9. The van der Waals surface area contributed by atoms with Crippen LogP contribution in [0.15, 0.2) is 30.5 Å². The van der Waals surface area contributed by atoms with Crippen molar-refractivity contribution in [2.75, 3.05) is 20.1 Å². The highest BCUT2D eigenvalue weighted by atomic mass is 19.4. The van der Waals surface area contributed by atoms with E-state index >= 15 is 0 Å². The SMILES string of the molecule is CN[C@H]1CCCN(C(=O)c2cnn(-c3cccc(C(F)(F)F)c3)c2C)C1. The molecule has 1 aromatic carbocycles. The minimum atomic E-state index is -4.42. The zero-order valence-corrected chi connectivity index (χ0v) is 14.7. The normalized spacial score (nSPS) is 18.2. The van der Waals surface area contributed by atoms with Gasteiger partial charge in [-0.25, -0.2) is 4.68 Å². The van der Waals surface area contributed by atoms with E-state index < -0.39 is 11.7 Å². The molecular formula is C18H21F3N4O. The average Bonchev–Trinajstić information content (AvgIpc) is 3.02. The molecule has 8 heteroatoms. The van der Waals surface area contributed by atoms with E-state index in [2.05, 4.69) is 10.4 Å². The van der Waals surface area contributed by atoms with Crippen LogP contribution in [0.1, 0.15) is 34.5 Å². The Morgan fingerprint density at radius 1 is 1.35 bits per heavy atom. The molecule has 1 fully saturated rings. The lowest BCUT2D eigenvalue weighted by molar-refractivity contribution is -0.137. The molecule has 2 heterocycles. The molecule has 1 saturated heterocycles. The van der Waals surface area contributed by atoms with Crippen LogP contribution in [0.25, 0.3) is 5.69 Å². The number of likely N-dealkylation sites (N-methyl/N-ethyl adjacent to an activating group) is 1. The largest absolute Gasteiger partial charge is 0.416 e. The first kappa shape index (κ1) is 18.4. The zero-order chi connectivity index (χ0) is 18.9. The van der Waals surface area contributed by atoms with Crippen molar-refractivity contribution in [2.24, 2.45) is 0 Å². The number of alkyl halides is 3. The third-order valence-electron chi connectivity index (χ3n) is 4.78. The van der Waals surface area contributed by atoms with Gasteiger partial charge in [0.05, 0.1) is 28.7 Å². The van der Waals surface area contributed by atoms with Gasteiger partial charge >= 0.3 is 6.18 Å². The van der Waals surface area contributed by atoms with Gasteiger partial charge < -0.3 is 10.2 Å². The highest BCUT2D eigenvalue weighted by Gasteiger charge is 2.31. The summed E-state index contributed by atoms with van der Waals surface area (Å²) < 4.78 is 40.2. The fraction of sp³-hybridized carbons (Fsp3) is 0.444. The fourth-order valence-corrected chi connectivity index (χ4v) is 3.26. The smallest absolute Gasteiger partial charge is 0.337 e. The third kappa shape index (κ3) is 3.60. The summed E-state index contributed by atoms with van der Waals surface area (Å²) in [5, 5.41) is 7.34. The Morgan fingerprint density at radius 3 is 2.81 bits per heavy atom. The van der Waals surface area contributed by atoms with Gasteiger partial charge in [-0.15, -0.1) is 0 Å². The summed E-state index contributed by atoms with van der Waals surface area (Å²) >= 11 is 0. The first-order valence-electron chi connectivity index (χ1n) is 8.50. The summed E-state index contributed by atoms with van der Waals surface area (Å²) in [5.41, 5.74) is 0.480. The topological polar surface area (TPSA) is 50.2 Å². The lowest BCUT2D eigenvalue weighted by Gasteiger charge is -2.32. The molecule has 1 atom stereocenters. The Labute approximate surface area is 149 Å². The van der Waals surface area contributed by atoms with E-state index in [1.807, 2.05) is 7.05 Å². The Bertz CT molecular complexity index is 800. The number of halogens is 3. The number of likely N-dealkylation sites (tertiary alicyclic amines) is 1. The van der Waals surface area contributed by atoms with Crippen molar-refractivity contribution in [3.8, 4) is 5.69 Å². The van der Waals surface area contributed by atoms with Crippen LogP contribution in [-0.4, -0.2) is 46.8 Å². The maximum absolute atomic E-state index is 12.9. The average molecular weight is 366 g/mol. The van der Waals surface area contributed by atoms with Crippen LogP contribution in [0.3, 0.4) is 0 Å². The number of carbonyl (C=O) groups excluding carboxylic acids is 1. The summed E-state index contributed by atoms with van der Waals surface area (Å²) in [7, 11) is 1.87. The van der Waals surface area contributed by atoms with Gasteiger partial charge in [0.1, 0.15) is 0 Å². The number of piperidine rings is 1. The van der Waals surface area contributed by atoms with E-state index in [0.717, 1.165) is 25.0 Å². The molecule has 0 unspecified atom stereocenters. The molecule has 140 valence electrons. The molecule has 1 aromatic heterocycles. The number of benzene rings is 1. The molecule has 1 amide bonds. The van der Waals surface area contributed by atoms with Crippen LogP contribution in [0, 0.1) is 6.92 Å². The van der Waals surface area contributed by atoms with Crippen molar-refractivity contribution in [3.05, 3.63) is 47.3 Å². The molecule has 0 aliphatic carbocycles. The molecule has 1 aliphatic heterocycles. The van der Waals surface area contributed by atoms with Gasteiger partial charge in [0.25, 0.3) is 5.91 Å². The second-order valence-electron chi connectivity index (χ2n) is 6.48. The van der Waals surface area contributed by atoms with Crippen LogP contribution < -0.4 is 5.32 Å². The van der Waals surface area contributed by atoms with Crippen molar-refractivity contribution >= 4 is 5.91 Å². The van der Waals surface area contributed by atoms with E-state index in [4.69, 9.17) is 0 Å². The quantitative estimate of drug-likeness (QED) is 0.909. The van der Waals surface area contributed by atoms with Gasteiger partial charge in [-0.05, 0) is 45.0 Å². The number of rotatable bonds is 3. The van der Waals surface area contributed by atoms with Gasteiger partial charge in [0.15, 0.2) is 0 Å². The number of nitrogens with zero attached hydrogens (tertiary/aromatic N) is 3. The Morgan fingerprint density at radius 2 is 2.12 bits per heavy atom. The number of nitrogens with one attached hydrogen (secondary N) is 1. The molecule has 0 saturated carbocycles. The number of amides is 1. The number of hydrogen-bond donors (Lipinski definition) is 1. The Kier molecular flexibility index (Phi) is 5.04. The van der Waals surface area contributed by atoms with Crippen molar-refractivity contribution in [1.82, 2.24) is 20.0 Å². The molecule has 26 heavy (non-hydrogen) atoms. The molecule has 0 spiro atoms. The van der Waals surface area contributed by atoms with Crippen molar-refractivity contribution in [2.45, 2.75) is 32.0 Å². The van der Waals surface area contributed by atoms with E-state index in [1.54, 1.807) is 17.9 Å². The number of aromatic nitrogens is 2. The number of carbonyl (C=O) groups is 1. The molecule has 3 rings (SSSR count). The Hall–Kier alpha value is -2.35. The van der Waals surface area contributed by atoms with E-state index in [1.165, 1.54) is 16.9 Å². The third-order valence-corrected chi connectivity index (χ3v) is 4.78. The summed E-state index contributed by atoms with van der Waals surface area (Å²) in [4.78, 5) is 14.6. The van der Waals surface area contributed by atoms with E-state index in [9.17, 15) is 18.0 Å². The van der Waals surface area contributed by atoms with Gasteiger partial charge in [0, 0.05) is 19.1 Å². The highest BCUT2D eigenvalue weighted by Crippen LogP contribution is 2.30. The van der Waals surface area contributed by atoms with Gasteiger partial charge in [-0.3, -0.25) is 4.79 Å². The Balaban J connectivity index is 1.87. The van der Waals surface area contributed by atoms with Crippen molar-refractivity contribution in [1.29, 1.82) is 0 Å². The van der Waals surface area contributed by atoms with E-state index in [-0.39, 0.29) is 17.6 Å². The second-order valence-corrected chi connectivity index (χ2v) is 6.48. The van der Waals surface area contributed by atoms with Crippen molar-refractivity contribution < 1.29 is 18.0 Å². The molecule has 1 aliphatic rings. The van der Waals surface area contributed by atoms with Crippen molar-refractivity contribution in [3.63, 3.8) is 0 Å². The predicted octanol–water partition coefficient (Wildman–Crippen LogP) is 3.02. The summed E-state index contributed by atoms with van der Waals surface area (Å²) in [6.45, 7) is 2.98. The molecule has 0 bridgehead atoms. The lowest BCUT2D eigenvalue weighted by atomic mass is 10.0. The summed E-state index contributed by atoms with van der Waals surface area (Å²) in [6, 6.07) is 5.18. The van der Waals surface area contributed by atoms with E-state index in [0.29, 0.717) is 24.3 Å². The highest BCUT2D eigenvalue weighted by molar-refractivity contribution is 5.95. The zero-order valence-electron chi connectivity index (χ0n) is 14.7. The summed E-state index contributed by atoms with van der Waals surface area (Å²) in [5.74, 6) is -0.138. The summed E-state index contributed by atoms with van der Waals surface area (Å²) in [6.07, 6.45) is -1.06. The first-order chi connectivity index (χ1) is 12.3. The standard InChI is InChI=1S/C18H21F3N4O/c1-12-16(17(26)24-8-4-6-14(11-24)22-2)10-23-25(12)15-7-3-5-13(9-15)18(19,20)21/h3,5,7,9-10,14,22H,4,6,8,11H2,1-2H3/t14-/m0/s1. The van der Waals surface area contributed by atoms with Crippen LogP contribution in [0.2, 0.25) is 0 Å². The fourth-order valence-electron chi connectivity index (χ4n) is 3.26.